The van der Waals surface area contributed by atoms with Crippen LogP contribution in [0.1, 0.15) is 11.3 Å². The molecule has 0 aliphatic heterocycles. The number of pyridine rings is 1. The lowest BCUT2D eigenvalue weighted by molar-refractivity contribution is 0.485. The third kappa shape index (κ3) is 2.99. The summed E-state index contributed by atoms with van der Waals surface area (Å²) in [6.07, 6.45) is 4.55. The molecule has 0 atom stereocenters. The monoisotopic (exact) mass is 351 g/mol. The Bertz CT molecular complexity index is 1090. The summed E-state index contributed by atoms with van der Waals surface area (Å²) in [6, 6.07) is 10.00. The number of aromatic nitrogens is 4. The lowest BCUT2D eigenvalue weighted by Crippen LogP contribution is -1.99. The highest BCUT2D eigenvalue weighted by Crippen LogP contribution is 2.25. The number of benzene rings is 1. The van der Waals surface area contributed by atoms with Crippen LogP contribution >= 0.6 is 0 Å². The van der Waals surface area contributed by atoms with Crippen LogP contribution in [0.3, 0.4) is 0 Å². The number of fused-ring (bicyclic) bond motifs is 1. The maximum atomic E-state index is 13.7. The Balaban J connectivity index is 1.74. The number of alkyl halides is 1. The van der Waals surface area contributed by atoms with Gasteiger partial charge in [0.1, 0.15) is 29.7 Å². The molecule has 3 heterocycles. The van der Waals surface area contributed by atoms with Gasteiger partial charge in [-0.2, -0.15) is 0 Å². The second-order valence-electron chi connectivity index (χ2n) is 5.87. The predicted molar refractivity (Wildman–Crippen MR) is 95.4 cm³/mol. The van der Waals surface area contributed by atoms with Gasteiger partial charge >= 0.3 is 0 Å². The number of nitrogens with zero attached hydrogens (tertiary/aromatic N) is 4. The summed E-state index contributed by atoms with van der Waals surface area (Å²) in [6.45, 7) is 1.31. The lowest BCUT2D eigenvalue weighted by Gasteiger charge is -2.08. The zero-order valence-corrected chi connectivity index (χ0v) is 13.9. The minimum atomic E-state index is -0.534. The van der Waals surface area contributed by atoms with Crippen molar-refractivity contribution in [2.45, 2.75) is 13.6 Å². The number of rotatable bonds is 4. The first-order valence-electron chi connectivity index (χ1n) is 8.02. The molecule has 130 valence electrons. The summed E-state index contributed by atoms with van der Waals surface area (Å²) in [7, 11) is 0. The largest absolute Gasteiger partial charge is 0.339 e. The molecule has 0 bridgehead atoms. The van der Waals surface area contributed by atoms with Crippen molar-refractivity contribution in [1.82, 2.24) is 19.4 Å². The van der Waals surface area contributed by atoms with Crippen molar-refractivity contribution in [3.05, 3.63) is 72.1 Å². The second kappa shape index (κ2) is 6.51. The fourth-order valence-electron chi connectivity index (χ4n) is 2.87. The highest BCUT2D eigenvalue weighted by molar-refractivity contribution is 5.66. The van der Waals surface area contributed by atoms with E-state index in [0.29, 0.717) is 34.1 Å². The molecule has 1 N–H and O–H groups in total. The average Bonchev–Trinajstić information content (AvgIpc) is 2.97. The summed E-state index contributed by atoms with van der Waals surface area (Å²) in [5.41, 5.74) is 3.89. The van der Waals surface area contributed by atoms with Crippen LogP contribution in [0.25, 0.3) is 17.0 Å². The molecule has 0 saturated carbocycles. The van der Waals surface area contributed by atoms with Crippen LogP contribution < -0.4 is 5.32 Å². The van der Waals surface area contributed by atoms with E-state index in [4.69, 9.17) is 0 Å². The maximum absolute atomic E-state index is 13.7. The molecule has 0 radical (unpaired) electrons. The number of halogens is 2. The van der Waals surface area contributed by atoms with Gasteiger partial charge in [-0.25, -0.2) is 18.7 Å². The average molecular weight is 351 g/mol. The molecule has 4 rings (SSSR count). The van der Waals surface area contributed by atoms with Gasteiger partial charge < -0.3 is 5.32 Å². The normalized spacial score (nSPS) is 11.0. The molecule has 0 aliphatic carbocycles. The summed E-state index contributed by atoms with van der Waals surface area (Å²) >= 11 is 0. The molecule has 3 aromatic heterocycles. The van der Waals surface area contributed by atoms with Gasteiger partial charge in [0.25, 0.3) is 0 Å². The van der Waals surface area contributed by atoms with Gasteiger partial charge in [-0.15, -0.1) is 0 Å². The van der Waals surface area contributed by atoms with Gasteiger partial charge in [0, 0.05) is 11.9 Å². The van der Waals surface area contributed by atoms with Gasteiger partial charge in [-0.1, -0.05) is 12.1 Å². The topological polar surface area (TPSA) is 55.1 Å². The van der Waals surface area contributed by atoms with Crippen LogP contribution in [0.2, 0.25) is 0 Å². The summed E-state index contributed by atoms with van der Waals surface area (Å²) in [5, 5.41) is 3.12. The molecule has 0 spiro atoms. The first-order valence-corrected chi connectivity index (χ1v) is 8.02. The van der Waals surface area contributed by atoms with Crippen molar-refractivity contribution in [3.8, 4) is 11.4 Å². The summed E-state index contributed by atoms with van der Waals surface area (Å²) in [4.78, 5) is 13.2. The van der Waals surface area contributed by atoms with E-state index in [9.17, 15) is 8.78 Å². The van der Waals surface area contributed by atoms with E-state index >= 15 is 0 Å². The van der Waals surface area contributed by atoms with Crippen molar-refractivity contribution in [1.29, 1.82) is 0 Å². The third-order valence-corrected chi connectivity index (χ3v) is 3.99. The summed E-state index contributed by atoms with van der Waals surface area (Å²) < 4.78 is 28.1. The fraction of sp³-hybridized carbons (Fsp3) is 0.105. The Morgan fingerprint density at radius 3 is 2.85 bits per heavy atom. The number of anilines is 2. The van der Waals surface area contributed by atoms with Crippen LogP contribution in [0, 0.1) is 12.7 Å². The number of nitrogens with one attached hydrogen (secondary N) is 1. The van der Waals surface area contributed by atoms with E-state index in [1.807, 2.05) is 13.0 Å². The number of hydrogen-bond acceptors (Lipinski definition) is 4. The smallest absolute Gasteiger partial charge is 0.149 e. The Morgan fingerprint density at radius 2 is 2.00 bits per heavy atom. The molecular weight excluding hydrogens is 336 g/mol. The highest BCUT2D eigenvalue weighted by Gasteiger charge is 2.14. The Hall–Kier alpha value is -3.35. The standard InChI is InChI=1S/C19H15F2N5/c1-12-19(26-11-14(21)5-6-18(26)23-12)16-9-22-10-17(25-16)24-15-4-2-3-13(7-15)8-20/h2-7,9-11H,8H2,1H3,(H,24,25). The van der Waals surface area contributed by atoms with Crippen LogP contribution in [0.15, 0.2) is 55.0 Å². The van der Waals surface area contributed by atoms with Crippen LogP contribution in [-0.4, -0.2) is 19.4 Å². The molecule has 5 nitrogen and oxygen atoms in total. The minimum absolute atomic E-state index is 0.360. The van der Waals surface area contributed by atoms with Crippen LogP contribution in [0.4, 0.5) is 20.3 Å². The van der Waals surface area contributed by atoms with Gasteiger partial charge in [0.15, 0.2) is 0 Å². The fourth-order valence-corrected chi connectivity index (χ4v) is 2.87. The molecular formula is C19H15F2N5. The van der Waals surface area contributed by atoms with E-state index in [1.165, 1.54) is 12.3 Å². The van der Waals surface area contributed by atoms with Crippen LogP contribution in [-0.2, 0) is 6.67 Å². The second-order valence-corrected chi connectivity index (χ2v) is 5.87. The van der Waals surface area contributed by atoms with Crippen molar-refractivity contribution in [3.63, 3.8) is 0 Å². The minimum Gasteiger partial charge on any atom is -0.339 e. The van der Waals surface area contributed by atoms with E-state index < -0.39 is 6.67 Å². The predicted octanol–water partition coefficient (Wildman–Crippen LogP) is 4.45. The maximum Gasteiger partial charge on any atom is 0.149 e. The molecule has 0 unspecified atom stereocenters. The van der Waals surface area contributed by atoms with Crippen molar-refractivity contribution >= 4 is 17.2 Å². The lowest BCUT2D eigenvalue weighted by atomic mass is 10.2. The molecule has 0 saturated heterocycles. The molecule has 7 heteroatoms. The van der Waals surface area contributed by atoms with Gasteiger partial charge in [-0.3, -0.25) is 9.38 Å². The SMILES string of the molecule is Cc1nc2ccc(F)cn2c1-c1cncc(Nc2cccc(CF)c2)n1. The van der Waals surface area contributed by atoms with E-state index in [2.05, 4.69) is 20.3 Å². The number of aryl methyl sites for hydroxylation is 1. The van der Waals surface area contributed by atoms with Gasteiger partial charge in [-0.05, 0) is 36.8 Å². The molecule has 0 fully saturated rings. The highest BCUT2D eigenvalue weighted by atomic mass is 19.1. The molecule has 26 heavy (non-hydrogen) atoms. The van der Waals surface area contributed by atoms with E-state index in [0.717, 1.165) is 5.69 Å². The Kier molecular flexibility index (Phi) is 4.04. The van der Waals surface area contributed by atoms with Gasteiger partial charge in [0.2, 0.25) is 0 Å². The number of hydrogen-bond donors (Lipinski definition) is 1. The van der Waals surface area contributed by atoms with Crippen molar-refractivity contribution in [2.24, 2.45) is 0 Å². The number of imidazole rings is 1. The molecule has 0 aliphatic rings. The third-order valence-electron chi connectivity index (χ3n) is 3.99. The zero-order chi connectivity index (χ0) is 18.1. The molecule has 1 aromatic carbocycles. The summed E-state index contributed by atoms with van der Waals surface area (Å²) in [5.74, 6) is 0.144. The molecule has 0 amide bonds. The van der Waals surface area contributed by atoms with E-state index in [1.54, 1.807) is 41.1 Å². The zero-order valence-electron chi connectivity index (χ0n) is 13.9. The quantitative estimate of drug-likeness (QED) is 0.590. The van der Waals surface area contributed by atoms with Crippen molar-refractivity contribution in [2.75, 3.05) is 5.32 Å². The van der Waals surface area contributed by atoms with Crippen molar-refractivity contribution < 1.29 is 8.78 Å². The van der Waals surface area contributed by atoms with Crippen LogP contribution in [0.5, 0.6) is 0 Å². The molecule has 4 aromatic rings. The van der Waals surface area contributed by atoms with E-state index in [-0.39, 0.29) is 5.82 Å². The first-order chi connectivity index (χ1) is 12.6. The first kappa shape index (κ1) is 16.1. The Labute approximate surface area is 148 Å². The Morgan fingerprint density at radius 1 is 1.12 bits per heavy atom. The van der Waals surface area contributed by atoms with Gasteiger partial charge in [0.05, 0.1) is 23.8 Å².